The minimum atomic E-state index is -0.673. The molecule has 27 heavy (non-hydrogen) atoms. The number of esters is 1. The van der Waals surface area contributed by atoms with Gasteiger partial charge in [0.1, 0.15) is 5.70 Å². The molecule has 0 aliphatic rings. The number of nitrogens with zero attached hydrogens (tertiary/aromatic N) is 1. The zero-order valence-electron chi connectivity index (χ0n) is 14.7. The van der Waals surface area contributed by atoms with Gasteiger partial charge in [0, 0.05) is 12.5 Å². The maximum absolute atomic E-state index is 12.4. The Morgan fingerprint density at radius 1 is 1.07 bits per heavy atom. The maximum atomic E-state index is 12.4. The van der Waals surface area contributed by atoms with E-state index in [2.05, 4.69) is 10.3 Å². The molecule has 0 spiro atoms. The molecule has 2 aromatic carbocycles. The van der Waals surface area contributed by atoms with Crippen LogP contribution in [-0.2, 0) is 20.9 Å². The van der Waals surface area contributed by atoms with Gasteiger partial charge < -0.3 is 14.5 Å². The van der Waals surface area contributed by atoms with Crippen molar-refractivity contribution in [2.75, 3.05) is 0 Å². The van der Waals surface area contributed by atoms with Crippen LogP contribution in [-0.4, -0.2) is 16.9 Å². The minimum absolute atomic E-state index is 0.0449. The van der Waals surface area contributed by atoms with Gasteiger partial charge in [0.15, 0.2) is 12.4 Å². The second kappa shape index (κ2) is 8.62. The van der Waals surface area contributed by atoms with Gasteiger partial charge in [-0.1, -0.05) is 60.7 Å². The molecule has 0 unspecified atom stereocenters. The van der Waals surface area contributed by atoms with E-state index in [0.29, 0.717) is 5.76 Å². The van der Waals surface area contributed by atoms with Crippen LogP contribution in [0.5, 0.6) is 0 Å². The van der Waals surface area contributed by atoms with E-state index in [-0.39, 0.29) is 24.1 Å². The van der Waals surface area contributed by atoms with Crippen molar-refractivity contribution in [3.8, 4) is 11.3 Å². The van der Waals surface area contributed by atoms with E-state index in [9.17, 15) is 9.59 Å². The topological polar surface area (TPSA) is 81.4 Å². The average molecular weight is 362 g/mol. The van der Waals surface area contributed by atoms with Crippen LogP contribution in [0.25, 0.3) is 17.4 Å². The summed E-state index contributed by atoms with van der Waals surface area (Å²) in [5.74, 6) is -0.183. The molecular weight excluding hydrogens is 344 g/mol. The van der Waals surface area contributed by atoms with Crippen molar-refractivity contribution in [2.45, 2.75) is 13.5 Å². The summed E-state index contributed by atoms with van der Waals surface area (Å²) in [6.45, 7) is 1.18. The summed E-state index contributed by atoms with van der Waals surface area (Å²) in [7, 11) is 0. The summed E-state index contributed by atoms with van der Waals surface area (Å²) >= 11 is 0. The third-order valence-corrected chi connectivity index (χ3v) is 3.58. The fraction of sp³-hybridized carbons (Fsp3) is 0.0952. The van der Waals surface area contributed by atoms with Crippen LogP contribution in [0.1, 0.15) is 18.4 Å². The van der Waals surface area contributed by atoms with Crippen LogP contribution in [0.15, 0.2) is 77.0 Å². The van der Waals surface area contributed by atoms with Gasteiger partial charge in [-0.25, -0.2) is 9.78 Å². The molecule has 0 aliphatic carbocycles. The molecule has 1 aromatic heterocycles. The molecule has 0 radical (unpaired) electrons. The third-order valence-electron chi connectivity index (χ3n) is 3.58. The quantitative estimate of drug-likeness (QED) is 0.536. The summed E-state index contributed by atoms with van der Waals surface area (Å²) in [6.07, 6.45) is 3.13. The van der Waals surface area contributed by atoms with Crippen LogP contribution in [0, 0.1) is 0 Å². The molecule has 3 rings (SSSR count). The lowest BCUT2D eigenvalue weighted by Gasteiger charge is -2.08. The van der Waals surface area contributed by atoms with E-state index in [0.717, 1.165) is 11.1 Å². The molecule has 1 amide bonds. The highest BCUT2D eigenvalue weighted by Crippen LogP contribution is 2.20. The largest absolute Gasteiger partial charge is 0.451 e. The highest BCUT2D eigenvalue weighted by molar-refractivity contribution is 5.97. The van der Waals surface area contributed by atoms with Crippen LogP contribution in [0.4, 0.5) is 0 Å². The molecule has 6 heteroatoms. The standard InChI is InChI=1S/C21H18N2O4/c1-15(24)23-18(12-16-8-4-2-5-9-16)21(25)26-14-20-22-13-19(27-20)17-10-6-3-7-11-17/h2-13H,14H2,1H3,(H,23,24). The molecule has 136 valence electrons. The van der Waals surface area contributed by atoms with Crippen LogP contribution in [0.3, 0.4) is 0 Å². The number of nitrogens with one attached hydrogen (secondary N) is 1. The zero-order valence-corrected chi connectivity index (χ0v) is 14.7. The van der Waals surface area contributed by atoms with Gasteiger partial charge >= 0.3 is 5.97 Å². The number of benzene rings is 2. The fourth-order valence-corrected chi connectivity index (χ4v) is 2.37. The van der Waals surface area contributed by atoms with E-state index in [1.54, 1.807) is 12.3 Å². The second-order valence-electron chi connectivity index (χ2n) is 5.71. The van der Waals surface area contributed by atoms with Gasteiger partial charge in [0.05, 0.1) is 6.20 Å². The van der Waals surface area contributed by atoms with E-state index in [1.807, 2.05) is 60.7 Å². The van der Waals surface area contributed by atoms with Gasteiger partial charge in [0.2, 0.25) is 11.8 Å². The van der Waals surface area contributed by atoms with Gasteiger partial charge in [0.25, 0.3) is 0 Å². The van der Waals surface area contributed by atoms with Gasteiger partial charge in [-0.2, -0.15) is 0 Å². The van der Waals surface area contributed by atoms with Crippen molar-refractivity contribution in [3.63, 3.8) is 0 Å². The first-order valence-electron chi connectivity index (χ1n) is 8.33. The zero-order chi connectivity index (χ0) is 19.1. The number of amides is 1. The number of oxazole rings is 1. The summed E-state index contributed by atoms with van der Waals surface area (Å²) < 4.78 is 10.8. The summed E-state index contributed by atoms with van der Waals surface area (Å²) in [5, 5.41) is 2.49. The van der Waals surface area contributed by atoms with E-state index in [4.69, 9.17) is 9.15 Å². The normalized spacial score (nSPS) is 11.1. The van der Waals surface area contributed by atoms with Crippen molar-refractivity contribution >= 4 is 18.0 Å². The molecule has 0 fully saturated rings. The molecule has 3 aromatic rings. The highest BCUT2D eigenvalue weighted by atomic mass is 16.5. The SMILES string of the molecule is CC(=O)NC(=Cc1ccccc1)C(=O)OCc1ncc(-c2ccccc2)o1. The third kappa shape index (κ3) is 5.15. The number of rotatable bonds is 6. The Morgan fingerprint density at radius 2 is 1.74 bits per heavy atom. The molecule has 0 aliphatic heterocycles. The molecule has 1 heterocycles. The Balaban J connectivity index is 1.68. The number of hydrogen-bond acceptors (Lipinski definition) is 5. The highest BCUT2D eigenvalue weighted by Gasteiger charge is 2.15. The monoisotopic (exact) mass is 362 g/mol. The van der Waals surface area contributed by atoms with Crippen molar-refractivity contribution in [2.24, 2.45) is 0 Å². The predicted molar refractivity (Wildman–Crippen MR) is 100.0 cm³/mol. The molecule has 0 saturated carbocycles. The Hall–Kier alpha value is -3.67. The number of carbonyl (C=O) groups excluding carboxylic acids is 2. The van der Waals surface area contributed by atoms with Crippen LogP contribution >= 0.6 is 0 Å². The first-order chi connectivity index (χ1) is 13.1. The van der Waals surface area contributed by atoms with Crippen molar-refractivity contribution in [1.29, 1.82) is 0 Å². The first kappa shape index (κ1) is 18.1. The Labute approximate surface area is 156 Å². The molecule has 6 nitrogen and oxygen atoms in total. The molecule has 0 saturated heterocycles. The molecular formula is C21H18N2O4. The van der Waals surface area contributed by atoms with Crippen molar-refractivity contribution in [3.05, 3.63) is 84.0 Å². The Kier molecular flexibility index (Phi) is 5.79. The lowest BCUT2D eigenvalue weighted by Crippen LogP contribution is -2.26. The molecule has 0 bridgehead atoms. The van der Waals surface area contributed by atoms with Gasteiger partial charge in [-0.05, 0) is 11.6 Å². The van der Waals surface area contributed by atoms with Gasteiger partial charge in [-0.3, -0.25) is 4.79 Å². The molecule has 0 atom stereocenters. The lowest BCUT2D eigenvalue weighted by atomic mass is 10.2. The van der Waals surface area contributed by atoms with Crippen LogP contribution in [0.2, 0.25) is 0 Å². The summed E-state index contributed by atoms with van der Waals surface area (Å²) in [4.78, 5) is 27.9. The number of carbonyl (C=O) groups is 2. The second-order valence-corrected chi connectivity index (χ2v) is 5.71. The number of ether oxygens (including phenoxy) is 1. The van der Waals surface area contributed by atoms with E-state index < -0.39 is 5.97 Å². The predicted octanol–water partition coefficient (Wildman–Crippen LogP) is 3.56. The summed E-state index contributed by atoms with van der Waals surface area (Å²) in [6, 6.07) is 18.6. The number of aromatic nitrogens is 1. The Morgan fingerprint density at radius 3 is 2.41 bits per heavy atom. The first-order valence-corrected chi connectivity index (χ1v) is 8.33. The minimum Gasteiger partial charge on any atom is -0.451 e. The van der Waals surface area contributed by atoms with Gasteiger partial charge in [-0.15, -0.1) is 0 Å². The van der Waals surface area contributed by atoms with Crippen LogP contribution < -0.4 is 5.32 Å². The lowest BCUT2D eigenvalue weighted by molar-refractivity contribution is -0.142. The number of hydrogen-bond donors (Lipinski definition) is 1. The molecule has 1 N–H and O–H groups in total. The average Bonchev–Trinajstić information content (AvgIpc) is 3.16. The summed E-state index contributed by atoms with van der Waals surface area (Å²) in [5.41, 5.74) is 1.69. The maximum Gasteiger partial charge on any atom is 0.355 e. The fourth-order valence-electron chi connectivity index (χ4n) is 2.37. The van der Waals surface area contributed by atoms with Crippen molar-refractivity contribution in [1.82, 2.24) is 10.3 Å². The van der Waals surface area contributed by atoms with E-state index in [1.165, 1.54) is 6.92 Å². The van der Waals surface area contributed by atoms with E-state index >= 15 is 0 Å². The smallest absolute Gasteiger partial charge is 0.355 e. The Bertz CT molecular complexity index is 947. The van der Waals surface area contributed by atoms with Crippen molar-refractivity contribution < 1.29 is 18.7 Å².